The highest BCUT2D eigenvalue weighted by Gasteiger charge is 2.21. The Labute approximate surface area is 179 Å². The summed E-state index contributed by atoms with van der Waals surface area (Å²) in [6.45, 7) is 8.06. The van der Waals surface area contributed by atoms with Crippen LogP contribution in [0.1, 0.15) is 22.3 Å². The van der Waals surface area contributed by atoms with Crippen molar-refractivity contribution in [3.63, 3.8) is 0 Å². The minimum atomic E-state index is -1.78. The summed E-state index contributed by atoms with van der Waals surface area (Å²) in [5, 5.41) is 0. The van der Waals surface area contributed by atoms with Crippen LogP contribution in [0.5, 0.6) is 28.7 Å². The van der Waals surface area contributed by atoms with Gasteiger partial charge < -0.3 is 23.0 Å². The van der Waals surface area contributed by atoms with Crippen LogP contribution in [-0.2, 0) is 0 Å². The van der Waals surface area contributed by atoms with Crippen molar-refractivity contribution < 1.29 is 23.0 Å². The second kappa shape index (κ2) is 9.73. The van der Waals surface area contributed by atoms with E-state index in [1.807, 2.05) is 75.4 Å². The number of methoxy groups -OCH3 is 2. The van der Waals surface area contributed by atoms with E-state index >= 15 is 0 Å². The molecule has 0 saturated heterocycles. The lowest BCUT2D eigenvalue weighted by Gasteiger charge is -2.19. The average Bonchev–Trinajstić information content (AvgIpc) is 2.73. The summed E-state index contributed by atoms with van der Waals surface area (Å²) in [7, 11) is 1.49. The Kier molecular flexibility index (Phi) is 7.07. The summed E-state index contributed by atoms with van der Waals surface area (Å²) in [5.41, 5.74) is 4.37. The van der Waals surface area contributed by atoms with Crippen molar-refractivity contribution in [1.82, 2.24) is 0 Å². The van der Waals surface area contributed by atoms with E-state index in [0.29, 0.717) is 17.2 Å². The average molecular weight is 426 g/mol. The molecule has 6 heteroatoms. The van der Waals surface area contributed by atoms with Crippen LogP contribution in [0.25, 0.3) is 0 Å². The zero-order valence-corrected chi connectivity index (χ0v) is 19.1. The van der Waals surface area contributed by atoms with Gasteiger partial charge in [-0.25, -0.2) is 0 Å². The molecule has 0 spiro atoms. The molecule has 0 aliphatic rings. The number of ether oxygens (including phenoxy) is 2. The van der Waals surface area contributed by atoms with Crippen LogP contribution >= 0.6 is 8.60 Å². The van der Waals surface area contributed by atoms with Gasteiger partial charge >= 0.3 is 8.60 Å². The van der Waals surface area contributed by atoms with Gasteiger partial charge in [-0.3, -0.25) is 0 Å². The van der Waals surface area contributed by atoms with Crippen molar-refractivity contribution in [1.29, 1.82) is 0 Å². The predicted molar refractivity (Wildman–Crippen MR) is 120 cm³/mol. The van der Waals surface area contributed by atoms with Gasteiger partial charge in [-0.05, 0) is 74.2 Å². The van der Waals surface area contributed by atoms with Crippen LogP contribution in [0.15, 0.2) is 54.6 Å². The fraction of sp³-hybridized carbons (Fsp3) is 0.250. The molecule has 0 saturated carbocycles. The summed E-state index contributed by atoms with van der Waals surface area (Å²) in [6, 6.07) is 17.2. The quantitative estimate of drug-likeness (QED) is 0.375. The zero-order chi connectivity index (χ0) is 21.7. The zero-order valence-electron chi connectivity index (χ0n) is 18.2. The fourth-order valence-corrected chi connectivity index (χ4v) is 3.77. The monoisotopic (exact) mass is 426 g/mol. The first-order valence-electron chi connectivity index (χ1n) is 9.60. The molecule has 158 valence electrons. The highest BCUT2D eigenvalue weighted by molar-refractivity contribution is 7.43. The maximum Gasteiger partial charge on any atom is 0.530 e. The first kappa shape index (κ1) is 21.8. The molecular formula is C24H27O5P. The summed E-state index contributed by atoms with van der Waals surface area (Å²) in [6.07, 6.45) is 0. The molecule has 3 rings (SSSR count). The van der Waals surface area contributed by atoms with Crippen molar-refractivity contribution in [2.45, 2.75) is 27.7 Å². The van der Waals surface area contributed by atoms with E-state index in [1.165, 1.54) is 5.56 Å². The lowest BCUT2D eigenvalue weighted by molar-refractivity contribution is 0.379. The van der Waals surface area contributed by atoms with Gasteiger partial charge in [-0.1, -0.05) is 18.2 Å². The summed E-state index contributed by atoms with van der Waals surface area (Å²) in [4.78, 5) is 0. The molecule has 0 N–H and O–H groups in total. The molecule has 30 heavy (non-hydrogen) atoms. The molecule has 0 radical (unpaired) electrons. The van der Waals surface area contributed by atoms with Crippen LogP contribution in [0.3, 0.4) is 0 Å². The van der Waals surface area contributed by atoms with Crippen LogP contribution < -0.4 is 23.0 Å². The van der Waals surface area contributed by atoms with Crippen molar-refractivity contribution in [3.8, 4) is 28.7 Å². The van der Waals surface area contributed by atoms with Gasteiger partial charge in [0, 0.05) is 12.1 Å². The smallest absolute Gasteiger partial charge is 0.496 e. The Hall–Kier alpha value is -2.91. The number of rotatable bonds is 8. The number of hydrogen-bond acceptors (Lipinski definition) is 5. The molecule has 0 aliphatic heterocycles. The van der Waals surface area contributed by atoms with Crippen molar-refractivity contribution >= 4 is 8.60 Å². The Balaban J connectivity index is 1.88. The third-order valence-electron chi connectivity index (χ3n) is 4.78. The van der Waals surface area contributed by atoms with Gasteiger partial charge in [0.1, 0.15) is 28.7 Å². The molecule has 0 aliphatic carbocycles. The highest BCUT2D eigenvalue weighted by Crippen LogP contribution is 2.44. The SMILES string of the molecule is COc1cc(OP(Oc2ccc(C)c(C)c2)Oc2ccc(C)c(OC)c2)ccc1C. The van der Waals surface area contributed by atoms with Gasteiger partial charge in [0.05, 0.1) is 14.2 Å². The number of aryl methyl sites for hydroxylation is 4. The maximum absolute atomic E-state index is 6.10. The van der Waals surface area contributed by atoms with E-state index in [-0.39, 0.29) is 0 Å². The topological polar surface area (TPSA) is 46.2 Å². The van der Waals surface area contributed by atoms with E-state index in [4.69, 9.17) is 23.0 Å². The van der Waals surface area contributed by atoms with Gasteiger partial charge in [-0.15, -0.1) is 0 Å². The molecule has 0 fully saturated rings. The number of hydrogen-bond donors (Lipinski definition) is 0. The third kappa shape index (κ3) is 5.37. The largest absolute Gasteiger partial charge is 0.530 e. The molecule has 0 heterocycles. The molecular weight excluding hydrogens is 399 g/mol. The van der Waals surface area contributed by atoms with Crippen LogP contribution in [-0.4, -0.2) is 14.2 Å². The first-order chi connectivity index (χ1) is 14.4. The Morgan fingerprint density at radius 2 is 0.900 bits per heavy atom. The standard InChI is InChI=1S/C24H27O5P/c1-16-7-10-20(13-19(16)4)27-30(28-21-11-8-17(2)23(14-21)25-5)29-22-12-9-18(3)24(15-22)26-6/h7-15H,1-6H3. The van der Waals surface area contributed by atoms with Gasteiger partial charge in [0.15, 0.2) is 0 Å². The molecule has 3 aromatic rings. The van der Waals surface area contributed by atoms with Gasteiger partial charge in [0.25, 0.3) is 0 Å². The molecule has 0 aromatic heterocycles. The molecule has 5 nitrogen and oxygen atoms in total. The van der Waals surface area contributed by atoms with Gasteiger partial charge in [-0.2, -0.15) is 0 Å². The molecule has 0 atom stereocenters. The van der Waals surface area contributed by atoms with Crippen molar-refractivity contribution in [2.24, 2.45) is 0 Å². The van der Waals surface area contributed by atoms with Crippen LogP contribution in [0.2, 0.25) is 0 Å². The summed E-state index contributed by atoms with van der Waals surface area (Å²) >= 11 is 0. The molecule has 3 aromatic carbocycles. The van der Waals surface area contributed by atoms with E-state index in [9.17, 15) is 0 Å². The second-order valence-electron chi connectivity index (χ2n) is 7.01. The fourth-order valence-electron chi connectivity index (χ4n) is 2.80. The molecule has 0 amide bonds. The predicted octanol–water partition coefficient (Wildman–Crippen LogP) is 6.70. The lowest BCUT2D eigenvalue weighted by atomic mass is 10.1. The minimum absolute atomic E-state index is 0.603. The highest BCUT2D eigenvalue weighted by atomic mass is 31.2. The van der Waals surface area contributed by atoms with E-state index in [1.54, 1.807) is 14.2 Å². The van der Waals surface area contributed by atoms with Crippen molar-refractivity contribution in [2.75, 3.05) is 14.2 Å². The van der Waals surface area contributed by atoms with Crippen LogP contribution in [0.4, 0.5) is 0 Å². The number of benzene rings is 3. The Morgan fingerprint density at radius 1 is 0.500 bits per heavy atom. The second-order valence-corrected chi connectivity index (χ2v) is 8.00. The van der Waals surface area contributed by atoms with Crippen LogP contribution in [0, 0.1) is 27.7 Å². The molecule has 0 unspecified atom stereocenters. The first-order valence-corrected chi connectivity index (χ1v) is 10.7. The van der Waals surface area contributed by atoms with E-state index in [2.05, 4.69) is 6.92 Å². The van der Waals surface area contributed by atoms with Gasteiger partial charge in [0.2, 0.25) is 0 Å². The van der Waals surface area contributed by atoms with E-state index in [0.717, 1.165) is 28.2 Å². The molecule has 0 bridgehead atoms. The summed E-state index contributed by atoms with van der Waals surface area (Å²) in [5.74, 6) is 3.37. The third-order valence-corrected chi connectivity index (χ3v) is 5.86. The maximum atomic E-state index is 6.10. The Bertz CT molecular complexity index is 963. The Morgan fingerprint density at radius 3 is 1.30 bits per heavy atom. The minimum Gasteiger partial charge on any atom is -0.496 e. The summed E-state index contributed by atoms with van der Waals surface area (Å²) < 4.78 is 29.1. The normalized spacial score (nSPS) is 10.6. The van der Waals surface area contributed by atoms with E-state index < -0.39 is 8.60 Å². The van der Waals surface area contributed by atoms with Crippen molar-refractivity contribution in [3.05, 3.63) is 76.9 Å². The lowest BCUT2D eigenvalue weighted by Crippen LogP contribution is -2.03.